The maximum Gasteiger partial charge on any atom is 0.338 e. The minimum Gasteiger partial charge on any atom is -0.462 e. The quantitative estimate of drug-likeness (QED) is 0.300. The number of amides is 2. The summed E-state index contributed by atoms with van der Waals surface area (Å²) >= 11 is 3.42. The molecule has 0 saturated carbocycles. The van der Waals surface area contributed by atoms with E-state index in [2.05, 4.69) is 26.0 Å². The Bertz CT molecular complexity index is 1440. The molecule has 0 N–H and O–H groups in total. The zero-order chi connectivity index (χ0) is 23.3. The van der Waals surface area contributed by atoms with Crippen LogP contribution in [0.5, 0.6) is 0 Å². The van der Waals surface area contributed by atoms with Crippen molar-refractivity contribution in [2.45, 2.75) is 13.8 Å². The van der Waals surface area contributed by atoms with Crippen LogP contribution < -0.4 is 4.90 Å². The van der Waals surface area contributed by atoms with Gasteiger partial charge in [-0.15, -0.1) is 0 Å². The van der Waals surface area contributed by atoms with Gasteiger partial charge >= 0.3 is 5.97 Å². The number of imide groups is 1. The second-order valence-electron chi connectivity index (χ2n) is 7.43. The minimum atomic E-state index is -0.468. The fraction of sp³-hybridized carbons (Fsp3) is 0.125. The number of pyridine rings is 1. The number of carbonyl (C=O) groups is 3. The fourth-order valence-corrected chi connectivity index (χ4v) is 4.18. The van der Waals surface area contributed by atoms with E-state index in [0.29, 0.717) is 28.0 Å². The van der Waals surface area contributed by atoms with Gasteiger partial charge in [-0.05, 0) is 62.4 Å². The molecule has 2 amide bonds. The third kappa shape index (κ3) is 3.32. The van der Waals surface area contributed by atoms with Gasteiger partial charge in [0.15, 0.2) is 5.65 Å². The summed E-state index contributed by atoms with van der Waals surface area (Å²) in [5.74, 6) is -1.39. The van der Waals surface area contributed by atoms with Crippen LogP contribution in [0, 0.1) is 6.92 Å². The molecule has 8 nitrogen and oxygen atoms in total. The predicted octanol–water partition coefficient (Wildman–Crippen LogP) is 4.47. The Hall–Kier alpha value is -3.85. The maximum atomic E-state index is 13.4. The Morgan fingerprint density at radius 2 is 1.67 bits per heavy atom. The summed E-state index contributed by atoms with van der Waals surface area (Å²) in [4.78, 5) is 44.0. The van der Waals surface area contributed by atoms with E-state index < -0.39 is 17.8 Å². The van der Waals surface area contributed by atoms with Crippen molar-refractivity contribution >= 4 is 50.4 Å². The maximum absolute atomic E-state index is 13.4. The predicted molar refractivity (Wildman–Crippen MR) is 125 cm³/mol. The molecule has 9 heteroatoms. The van der Waals surface area contributed by atoms with Crippen LogP contribution >= 0.6 is 15.9 Å². The van der Waals surface area contributed by atoms with E-state index in [1.165, 1.54) is 18.3 Å². The van der Waals surface area contributed by atoms with Gasteiger partial charge in [0, 0.05) is 10.7 Å². The van der Waals surface area contributed by atoms with Crippen LogP contribution in [-0.2, 0) is 4.74 Å². The summed E-state index contributed by atoms with van der Waals surface area (Å²) < 4.78 is 7.57. The summed E-state index contributed by atoms with van der Waals surface area (Å²) in [6.45, 7) is 3.77. The highest BCUT2D eigenvalue weighted by Gasteiger charge is 2.40. The minimum absolute atomic E-state index is 0.223. The Balaban J connectivity index is 1.58. The van der Waals surface area contributed by atoms with E-state index in [1.807, 2.05) is 24.3 Å². The first-order chi connectivity index (χ1) is 15.9. The van der Waals surface area contributed by atoms with E-state index in [-0.39, 0.29) is 17.7 Å². The summed E-state index contributed by atoms with van der Waals surface area (Å²) in [6, 6.07) is 13.7. The molecule has 164 valence electrons. The van der Waals surface area contributed by atoms with Gasteiger partial charge in [0.1, 0.15) is 0 Å². The molecule has 4 aromatic rings. The van der Waals surface area contributed by atoms with Gasteiger partial charge in [-0.2, -0.15) is 5.10 Å². The van der Waals surface area contributed by atoms with Gasteiger partial charge in [0.05, 0.1) is 45.8 Å². The number of fused-ring (bicyclic) bond motifs is 3. The molecule has 0 fully saturated rings. The Morgan fingerprint density at radius 1 is 1.00 bits per heavy atom. The van der Waals surface area contributed by atoms with Crippen molar-refractivity contribution in [3.63, 3.8) is 0 Å². The molecule has 0 saturated heterocycles. The lowest BCUT2D eigenvalue weighted by atomic mass is 10.1. The van der Waals surface area contributed by atoms with Crippen LogP contribution in [0.4, 0.5) is 5.69 Å². The highest BCUT2D eigenvalue weighted by atomic mass is 79.9. The van der Waals surface area contributed by atoms with Crippen LogP contribution in [0.1, 0.15) is 43.7 Å². The summed E-state index contributed by atoms with van der Waals surface area (Å²) in [5, 5.41) is 5.12. The van der Waals surface area contributed by atoms with E-state index in [1.54, 1.807) is 30.7 Å². The third-order valence-electron chi connectivity index (χ3n) is 5.43. The molecule has 2 aromatic heterocycles. The first kappa shape index (κ1) is 21.0. The van der Waals surface area contributed by atoms with Crippen molar-refractivity contribution in [1.29, 1.82) is 0 Å². The number of ether oxygens (including phenoxy) is 1. The van der Waals surface area contributed by atoms with E-state index >= 15 is 0 Å². The molecule has 2 aromatic carbocycles. The highest BCUT2D eigenvalue weighted by Crippen LogP contribution is 2.34. The molecule has 1 aliphatic rings. The highest BCUT2D eigenvalue weighted by molar-refractivity contribution is 9.10. The number of esters is 1. The lowest BCUT2D eigenvalue weighted by Crippen LogP contribution is -2.29. The number of aryl methyl sites for hydroxylation is 1. The van der Waals surface area contributed by atoms with Crippen molar-refractivity contribution in [1.82, 2.24) is 14.8 Å². The molecule has 0 atom stereocenters. The molecule has 0 unspecified atom stereocenters. The molecular formula is C24H17BrN4O4. The molecule has 0 bridgehead atoms. The Kier molecular flexibility index (Phi) is 5.05. The molecule has 0 aliphatic carbocycles. The summed E-state index contributed by atoms with van der Waals surface area (Å²) in [6.07, 6.45) is 1.42. The molecule has 5 rings (SSSR count). The van der Waals surface area contributed by atoms with Crippen LogP contribution in [0.2, 0.25) is 0 Å². The van der Waals surface area contributed by atoms with Crippen molar-refractivity contribution in [3.05, 3.63) is 81.6 Å². The zero-order valence-electron chi connectivity index (χ0n) is 17.7. The largest absolute Gasteiger partial charge is 0.462 e. The SMILES string of the molecule is CCOC(=O)c1ccc(N2C(=O)c3cnc4c(c(C)nn4-c4ccc(Br)cc4)c3C2=O)cc1. The number of anilines is 1. The normalized spacial score (nSPS) is 13.0. The number of rotatable bonds is 4. The van der Waals surface area contributed by atoms with Crippen LogP contribution in [0.3, 0.4) is 0 Å². The molecule has 3 heterocycles. The first-order valence-corrected chi connectivity index (χ1v) is 11.0. The van der Waals surface area contributed by atoms with Crippen molar-refractivity contribution < 1.29 is 19.1 Å². The lowest BCUT2D eigenvalue weighted by Gasteiger charge is -2.14. The van der Waals surface area contributed by atoms with E-state index in [9.17, 15) is 14.4 Å². The van der Waals surface area contributed by atoms with Gasteiger partial charge in [-0.1, -0.05) is 15.9 Å². The number of nitrogens with zero attached hydrogens (tertiary/aromatic N) is 4. The Morgan fingerprint density at radius 3 is 2.33 bits per heavy atom. The second-order valence-corrected chi connectivity index (χ2v) is 8.35. The van der Waals surface area contributed by atoms with Gasteiger partial charge in [-0.3, -0.25) is 9.59 Å². The van der Waals surface area contributed by atoms with Crippen LogP contribution in [0.25, 0.3) is 16.7 Å². The second kappa shape index (κ2) is 7.93. The fourth-order valence-electron chi connectivity index (χ4n) is 3.92. The molecule has 1 aliphatic heterocycles. The number of carbonyl (C=O) groups excluding carboxylic acids is 3. The first-order valence-electron chi connectivity index (χ1n) is 10.2. The molecule has 33 heavy (non-hydrogen) atoms. The van der Waals surface area contributed by atoms with Gasteiger partial charge in [0.2, 0.25) is 0 Å². The number of halogens is 1. The van der Waals surface area contributed by atoms with Crippen LogP contribution in [0.15, 0.2) is 59.2 Å². The standard InChI is InChI=1S/C24H17BrN4O4/c1-3-33-24(32)14-4-8-16(9-5-14)28-22(30)18-12-26-21-19(20(18)23(28)31)13(2)27-29(21)17-10-6-15(25)7-11-17/h4-12H,3H2,1-2H3. The summed E-state index contributed by atoms with van der Waals surface area (Å²) in [5.41, 5.74) is 3.08. The monoisotopic (exact) mass is 504 g/mol. The van der Waals surface area contributed by atoms with E-state index in [0.717, 1.165) is 15.1 Å². The molecular weight excluding hydrogens is 488 g/mol. The third-order valence-corrected chi connectivity index (χ3v) is 5.96. The topological polar surface area (TPSA) is 94.4 Å². The average molecular weight is 505 g/mol. The van der Waals surface area contributed by atoms with Crippen molar-refractivity contribution in [2.24, 2.45) is 0 Å². The number of hydrogen-bond donors (Lipinski definition) is 0. The average Bonchev–Trinajstić information content (AvgIpc) is 3.28. The number of aromatic nitrogens is 3. The van der Waals surface area contributed by atoms with Gasteiger partial charge in [-0.25, -0.2) is 19.4 Å². The van der Waals surface area contributed by atoms with Gasteiger partial charge in [0.25, 0.3) is 11.8 Å². The molecule has 0 radical (unpaired) electrons. The number of hydrogen-bond acceptors (Lipinski definition) is 6. The lowest BCUT2D eigenvalue weighted by molar-refractivity contribution is 0.0526. The zero-order valence-corrected chi connectivity index (χ0v) is 19.3. The molecule has 0 spiro atoms. The van der Waals surface area contributed by atoms with Crippen molar-refractivity contribution in [2.75, 3.05) is 11.5 Å². The van der Waals surface area contributed by atoms with Gasteiger partial charge < -0.3 is 4.74 Å². The van der Waals surface area contributed by atoms with Crippen molar-refractivity contribution in [3.8, 4) is 5.69 Å². The van der Waals surface area contributed by atoms with E-state index in [4.69, 9.17) is 4.74 Å². The Labute approximate surface area is 196 Å². The smallest absolute Gasteiger partial charge is 0.338 e. The number of benzene rings is 2. The van der Waals surface area contributed by atoms with Crippen LogP contribution in [-0.4, -0.2) is 39.2 Å². The summed E-state index contributed by atoms with van der Waals surface area (Å²) in [7, 11) is 0.